The Morgan fingerprint density at radius 2 is 2.05 bits per heavy atom. The van der Waals surface area contributed by atoms with Crippen LogP contribution in [-0.4, -0.2) is 46.3 Å². The summed E-state index contributed by atoms with van der Waals surface area (Å²) in [7, 11) is 3.97. The van der Waals surface area contributed by atoms with Crippen molar-refractivity contribution < 1.29 is 4.79 Å². The average molecular weight is 277 g/mol. The number of nitrogens with one attached hydrogen (secondary N) is 1. The van der Waals surface area contributed by atoms with Gasteiger partial charge in [-0.05, 0) is 38.6 Å². The Balaban J connectivity index is 1.57. The number of nitrogen functional groups attached to an aromatic ring is 1. The maximum absolute atomic E-state index is 12.2. The van der Waals surface area contributed by atoms with Gasteiger partial charge in [-0.25, -0.2) is 0 Å². The van der Waals surface area contributed by atoms with Gasteiger partial charge in [-0.1, -0.05) is 0 Å². The number of carbonyl (C=O) groups excluding carboxylic acids is 1. The summed E-state index contributed by atoms with van der Waals surface area (Å²) >= 11 is 0. The van der Waals surface area contributed by atoms with Gasteiger partial charge in [0.25, 0.3) is 5.91 Å². The summed E-state index contributed by atoms with van der Waals surface area (Å²) in [5, 5.41) is 7.02. The van der Waals surface area contributed by atoms with Crippen molar-refractivity contribution in [2.75, 3.05) is 19.3 Å². The van der Waals surface area contributed by atoms with Gasteiger partial charge in [0.2, 0.25) is 0 Å². The lowest BCUT2D eigenvalue weighted by Gasteiger charge is -2.36. The Bertz CT molecular complexity index is 478. The van der Waals surface area contributed by atoms with E-state index in [1.54, 1.807) is 7.05 Å². The zero-order valence-electron chi connectivity index (χ0n) is 12.2. The third-order valence-electron chi connectivity index (χ3n) is 4.93. The van der Waals surface area contributed by atoms with Crippen LogP contribution < -0.4 is 11.1 Å². The van der Waals surface area contributed by atoms with Gasteiger partial charge < -0.3 is 16.0 Å². The SMILES string of the molecule is CN1C2CCC1CC(CNC(=O)c1c(N)cnn1C)C2. The smallest absolute Gasteiger partial charge is 0.271 e. The fourth-order valence-electron chi connectivity index (χ4n) is 3.74. The van der Waals surface area contributed by atoms with E-state index in [0.29, 0.717) is 29.4 Å². The summed E-state index contributed by atoms with van der Waals surface area (Å²) in [4.78, 5) is 14.7. The molecule has 2 bridgehead atoms. The number of hydrogen-bond acceptors (Lipinski definition) is 4. The number of hydrogen-bond donors (Lipinski definition) is 2. The number of piperidine rings is 1. The van der Waals surface area contributed by atoms with Crippen LogP contribution in [0.4, 0.5) is 5.69 Å². The van der Waals surface area contributed by atoms with E-state index in [1.165, 1.54) is 36.6 Å². The third-order valence-corrected chi connectivity index (χ3v) is 4.93. The van der Waals surface area contributed by atoms with Crippen LogP contribution in [0, 0.1) is 5.92 Å². The Morgan fingerprint density at radius 3 is 2.60 bits per heavy atom. The second-order valence-corrected chi connectivity index (χ2v) is 6.17. The summed E-state index contributed by atoms with van der Waals surface area (Å²) in [5.74, 6) is 0.468. The first-order chi connectivity index (χ1) is 9.56. The van der Waals surface area contributed by atoms with Gasteiger partial charge in [0.15, 0.2) is 0 Å². The van der Waals surface area contributed by atoms with Gasteiger partial charge >= 0.3 is 0 Å². The van der Waals surface area contributed by atoms with Crippen molar-refractivity contribution in [2.24, 2.45) is 13.0 Å². The Kier molecular flexibility index (Phi) is 3.41. The minimum Gasteiger partial charge on any atom is -0.396 e. The number of nitrogens with two attached hydrogens (primary N) is 1. The molecule has 2 atom stereocenters. The number of aromatic nitrogens is 2. The third kappa shape index (κ3) is 2.28. The average Bonchev–Trinajstić information content (AvgIpc) is 2.84. The number of aryl methyl sites for hydroxylation is 1. The predicted molar refractivity (Wildman–Crippen MR) is 77.3 cm³/mol. The van der Waals surface area contributed by atoms with Gasteiger partial charge in [0.1, 0.15) is 5.69 Å². The largest absolute Gasteiger partial charge is 0.396 e. The van der Waals surface area contributed by atoms with E-state index in [-0.39, 0.29) is 5.91 Å². The van der Waals surface area contributed by atoms with Crippen molar-refractivity contribution in [3.63, 3.8) is 0 Å². The van der Waals surface area contributed by atoms with Gasteiger partial charge in [-0.3, -0.25) is 9.48 Å². The van der Waals surface area contributed by atoms with Gasteiger partial charge in [-0.15, -0.1) is 0 Å². The molecule has 0 radical (unpaired) electrons. The van der Waals surface area contributed by atoms with Crippen LogP contribution in [-0.2, 0) is 7.05 Å². The molecule has 1 aromatic rings. The lowest BCUT2D eigenvalue weighted by atomic mass is 9.91. The molecule has 1 amide bonds. The normalized spacial score (nSPS) is 29.6. The lowest BCUT2D eigenvalue weighted by molar-refractivity contribution is 0.0909. The van der Waals surface area contributed by atoms with E-state index in [4.69, 9.17) is 5.73 Å². The molecule has 3 heterocycles. The summed E-state index contributed by atoms with van der Waals surface area (Å²) in [5.41, 5.74) is 6.67. The number of amides is 1. The van der Waals surface area contributed by atoms with Gasteiger partial charge in [0, 0.05) is 25.7 Å². The maximum Gasteiger partial charge on any atom is 0.271 e. The highest BCUT2D eigenvalue weighted by atomic mass is 16.2. The molecule has 0 aromatic carbocycles. The minimum atomic E-state index is -0.117. The molecule has 2 saturated heterocycles. The fraction of sp³-hybridized carbons (Fsp3) is 0.714. The highest BCUT2D eigenvalue weighted by Crippen LogP contribution is 2.37. The van der Waals surface area contributed by atoms with Crippen molar-refractivity contribution in [1.82, 2.24) is 20.0 Å². The number of carbonyl (C=O) groups is 1. The fourth-order valence-corrected chi connectivity index (χ4v) is 3.74. The molecule has 6 heteroatoms. The molecule has 20 heavy (non-hydrogen) atoms. The predicted octanol–water partition coefficient (Wildman–Crippen LogP) is 0.605. The van der Waals surface area contributed by atoms with Crippen LogP contribution in [0.3, 0.4) is 0 Å². The van der Waals surface area contributed by atoms with Gasteiger partial charge in [0.05, 0.1) is 11.9 Å². The number of nitrogens with zero attached hydrogens (tertiary/aromatic N) is 3. The Labute approximate surface area is 119 Å². The van der Waals surface area contributed by atoms with Crippen LogP contribution in [0.15, 0.2) is 6.20 Å². The highest BCUT2D eigenvalue weighted by Gasteiger charge is 2.38. The Morgan fingerprint density at radius 1 is 1.40 bits per heavy atom. The van der Waals surface area contributed by atoms with Crippen LogP contribution in [0.1, 0.15) is 36.2 Å². The zero-order chi connectivity index (χ0) is 14.3. The van der Waals surface area contributed by atoms with E-state index in [2.05, 4.69) is 22.4 Å². The molecule has 2 fully saturated rings. The first-order valence-electron chi connectivity index (χ1n) is 7.34. The van der Waals surface area contributed by atoms with Gasteiger partial charge in [-0.2, -0.15) is 5.10 Å². The molecular formula is C14H23N5O. The molecule has 2 unspecified atom stereocenters. The minimum absolute atomic E-state index is 0.117. The monoisotopic (exact) mass is 277 g/mol. The summed E-state index contributed by atoms with van der Waals surface area (Å²) in [6.45, 7) is 0.740. The molecule has 0 spiro atoms. The molecule has 110 valence electrons. The van der Waals surface area contributed by atoms with E-state index in [0.717, 1.165) is 6.54 Å². The number of anilines is 1. The molecular weight excluding hydrogens is 254 g/mol. The van der Waals surface area contributed by atoms with Crippen LogP contribution in [0.5, 0.6) is 0 Å². The first-order valence-corrected chi connectivity index (χ1v) is 7.34. The topological polar surface area (TPSA) is 76.2 Å². The van der Waals surface area contributed by atoms with Crippen molar-refractivity contribution in [1.29, 1.82) is 0 Å². The lowest BCUT2D eigenvalue weighted by Crippen LogP contribution is -2.43. The van der Waals surface area contributed by atoms with Crippen molar-refractivity contribution >= 4 is 11.6 Å². The van der Waals surface area contributed by atoms with Crippen LogP contribution in [0.2, 0.25) is 0 Å². The number of fused-ring (bicyclic) bond motifs is 2. The van der Waals surface area contributed by atoms with Crippen molar-refractivity contribution in [3.8, 4) is 0 Å². The van der Waals surface area contributed by atoms with Crippen LogP contribution >= 0.6 is 0 Å². The molecule has 0 aliphatic carbocycles. The standard InChI is InChI=1S/C14H23N5O/c1-18-10-3-4-11(18)6-9(5-10)7-16-14(20)13-12(15)8-17-19(13)2/h8-11H,3-7,15H2,1-2H3,(H,16,20). The molecule has 6 nitrogen and oxygen atoms in total. The van der Waals surface area contributed by atoms with Crippen molar-refractivity contribution in [3.05, 3.63) is 11.9 Å². The second-order valence-electron chi connectivity index (χ2n) is 6.17. The molecule has 1 aromatic heterocycles. The quantitative estimate of drug-likeness (QED) is 0.848. The molecule has 3 rings (SSSR count). The Hall–Kier alpha value is -1.56. The summed E-state index contributed by atoms with van der Waals surface area (Å²) in [6.07, 6.45) is 6.51. The van der Waals surface area contributed by atoms with E-state index < -0.39 is 0 Å². The summed E-state index contributed by atoms with van der Waals surface area (Å²) < 4.78 is 1.53. The van der Waals surface area contributed by atoms with Crippen molar-refractivity contribution in [2.45, 2.75) is 37.8 Å². The second kappa shape index (κ2) is 5.09. The summed E-state index contributed by atoms with van der Waals surface area (Å²) in [6, 6.07) is 1.41. The molecule has 3 N–H and O–H groups in total. The molecule has 2 aliphatic heterocycles. The molecule has 0 saturated carbocycles. The van der Waals surface area contributed by atoms with Crippen LogP contribution in [0.25, 0.3) is 0 Å². The maximum atomic E-state index is 12.2. The van der Waals surface area contributed by atoms with E-state index in [1.807, 2.05) is 0 Å². The first kappa shape index (κ1) is 13.4. The number of rotatable bonds is 3. The molecule has 2 aliphatic rings. The zero-order valence-corrected chi connectivity index (χ0v) is 12.2. The van der Waals surface area contributed by atoms with E-state index in [9.17, 15) is 4.79 Å². The highest BCUT2D eigenvalue weighted by molar-refractivity contribution is 5.97. The van der Waals surface area contributed by atoms with E-state index >= 15 is 0 Å².